The maximum Gasteiger partial charge on any atom is 0.305 e. The van der Waals surface area contributed by atoms with Crippen molar-refractivity contribution in [3.63, 3.8) is 0 Å². The van der Waals surface area contributed by atoms with Gasteiger partial charge in [0.05, 0.1) is 6.42 Å². The zero-order valence-electron chi connectivity index (χ0n) is 11.8. The van der Waals surface area contributed by atoms with Crippen molar-refractivity contribution in [1.82, 2.24) is 9.97 Å². The molecule has 0 bridgehead atoms. The largest absolute Gasteiger partial charge is 0.481 e. The Labute approximate surface area is 123 Å². The standard InChI is InChI=1S/C15H17N3O3/c1-18(8-7-15(19)20)13-9-14(17-11-16-13)21-10-12-5-3-2-4-6-12/h2-6,9,11H,7-8,10H2,1H3,(H,19,20). The Morgan fingerprint density at radius 1 is 1.29 bits per heavy atom. The molecule has 2 aromatic rings. The maximum atomic E-state index is 10.6. The third-order valence-electron chi connectivity index (χ3n) is 2.91. The fourth-order valence-electron chi connectivity index (χ4n) is 1.73. The zero-order valence-corrected chi connectivity index (χ0v) is 11.8. The van der Waals surface area contributed by atoms with Crippen molar-refractivity contribution in [3.8, 4) is 5.88 Å². The van der Waals surface area contributed by atoms with E-state index in [4.69, 9.17) is 9.84 Å². The van der Waals surface area contributed by atoms with Crippen LogP contribution in [-0.2, 0) is 11.4 Å². The summed E-state index contributed by atoms with van der Waals surface area (Å²) in [5.74, 6) is 0.261. The van der Waals surface area contributed by atoms with E-state index in [-0.39, 0.29) is 6.42 Å². The number of hydrogen-bond acceptors (Lipinski definition) is 5. The molecule has 0 atom stereocenters. The van der Waals surface area contributed by atoms with Crippen LogP contribution in [0.15, 0.2) is 42.7 Å². The number of carbonyl (C=O) groups is 1. The van der Waals surface area contributed by atoms with E-state index in [1.54, 1.807) is 18.0 Å². The van der Waals surface area contributed by atoms with Gasteiger partial charge in [-0.15, -0.1) is 0 Å². The first kappa shape index (κ1) is 14.8. The number of aromatic nitrogens is 2. The van der Waals surface area contributed by atoms with Gasteiger partial charge < -0.3 is 14.7 Å². The van der Waals surface area contributed by atoms with Gasteiger partial charge in [0.25, 0.3) is 0 Å². The highest BCUT2D eigenvalue weighted by molar-refractivity contribution is 5.67. The molecule has 0 aliphatic carbocycles. The Kier molecular flexibility index (Phi) is 5.09. The van der Waals surface area contributed by atoms with Crippen LogP contribution in [0.5, 0.6) is 5.88 Å². The highest BCUT2D eigenvalue weighted by Crippen LogP contribution is 2.16. The second-order valence-corrected chi connectivity index (χ2v) is 4.55. The van der Waals surface area contributed by atoms with Crippen molar-refractivity contribution in [2.75, 3.05) is 18.5 Å². The number of nitrogens with zero attached hydrogens (tertiary/aromatic N) is 3. The van der Waals surface area contributed by atoms with Crippen LogP contribution in [-0.4, -0.2) is 34.6 Å². The van der Waals surface area contributed by atoms with Crippen LogP contribution in [0.4, 0.5) is 5.82 Å². The van der Waals surface area contributed by atoms with Gasteiger partial charge in [-0.3, -0.25) is 4.79 Å². The van der Waals surface area contributed by atoms with E-state index in [0.717, 1.165) is 5.56 Å². The molecule has 0 saturated heterocycles. The van der Waals surface area contributed by atoms with Crippen LogP contribution in [0.1, 0.15) is 12.0 Å². The Hall–Kier alpha value is -2.63. The summed E-state index contributed by atoms with van der Waals surface area (Å²) in [5, 5.41) is 8.69. The summed E-state index contributed by atoms with van der Waals surface area (Å²) in [4.78, 5) is 20.5. The quantitative estimate of drug-likeness (QED) is 0.839. The van der Waals surface area contributed by atoms with E-state index in [1.165, 1.54) is 6.33 Å². The van der Waals surface area contributed by atoms with Gasteiger partial charge in [0.1, 0.15) is 18.8 Å². The summed E-state index contributed by atoms with van der Waals surface area (Å²) in [6.07, 6.45) is 1.47. The lowest BCUT2D eigenvalue weighted by atomic mass is 10.2. The highest BCUT2D eigenvalue weighted by Gasteiger charge is 2.07. The predicted octanol–water partition coefficient (Wildman–Crippen LogP) is 1.97. The molecule has 110 valence electrons. The molecule has 0 unspecified atom stereocenters. The number of aliphatic carboxylic acids is 1. The molecule has 1 heterocycles. The Balaban J connectivity index is 1.95. The number of ether oxygens (including phenoxy) is 1. The zero-order chi connectivity index (χ0) is 15.1. The second-order valence-electron chi connectivity index (χ2n) is 4.55. The van der Waals surface area contributed by atoms with Crippen LogP contribution >= 0.6 is 0 Å². The SMILES string of the molecule is CN(CCC(=O)O)c1cc(OCc2ccccc2)ncn1. The second kappa shape index (κ2) is 7.23. The summed E-state index contributed by atoms with van der Waals surface area (Å²) in [7, 11) is 1.78. The first-order chi connectivity index (χ1) is 10.1. The maximum absolute atomic E-state index is 10.6. The fraction of sp³-hybridized carbons (Fsp3) is 0.267. The molecule has 6 heteroatoms. The Bertz CT molecular complexity index is 590. The molecular formula is C15H17N3O3. The summed E-state index contributed by atoms with van der Waals surface area (Å²) < 4.78 is 5.61. The number of carboxylic acids is 1. The van der Waals surface area contributed by atoms with E-state index in [1.807, 2.05) is 30.3 Å². The van der Waals surface area contributed by atoms with Gasteiger partial charge in [0.15, 0.2) is 0 Å². The molecule has 1 aromatic heterocycles. The van der Waals surface area contributed by atoms with Crippen molar-refractivity contribution < 1.29 is 14.6 Å². The van der Waals surface area contributed by atoms with Gasteiger partial charge in [-0.05, 0) is 5.56 Å². The molecule has 0 spiro atoms. The molecule has 0 amide bonds. The first-order valence-corrected chi connectivity index (χ1v) is 6.57. The minimum absolute atomic E-state index is 0.0563. The van der Waals surface area contributed by atoms with Gasteiger partial charge >= 0.3 is 5.97 Å². The van der Waals surface area contributed by atoms with Gasteiger partial charge in [-0.1, -0.05) is 30.3 Å². The lowest BCUT2D eigenvalue weighted by Gasteiger charge is -2.17. The molecule has 0 aliphatic heterocycles. The van der Waals surface area contributed by atoms with E-state index in [9.17, 15) is 4.79 Å². The van der Waals surface area contributed by atoms with E-state index >= 15 is 0 Å². The molecule has 6 nitrogen and oxygen atoms in total. The lowest BCUT2D eigenvalue weighted by Crippen LogP contribution is -2.22. The number of benzene rings is 1. The summed E-state index contributed by atoms with van der Waals surface area (Å²) in [6.45, 7) is 0.806. The van der Waals surface area contributed by atoms with E-state index in [0.29, 0.717) is 24.8 Å². The Morgan fingerprint density at radius 2 is 2.05 bits per heavy atom. The van der Waals surface area contributed by atoms with Crippen LogP contribution in [0.2, 0.25) is 0 Å². The minimum atomic E-state index is -0.837. The molecule has 0 radical (unpaired) electrons. The van der Waals surface area contributed by atoms with Crippen molar-refractivity contribution in [1.29, 1.82) is 0 Å². The fourth-order valence-corrected chi connectivity index (χ4v) is 1.73. The third kappa shape index (κ3) is 4.76. The van der Waals surface area contributed by atoms with Crippen LogP contribution in [0, 0.1) is 0 Å². The van der Waals surface area contributed by atoms with Gasteiger partial charge in [-0.2, -0.15) is 0 Å². The van der Waals surface area contributed by atoms with Crippen molar-refractivity contribution in [2.24, 2.45) is 0 Å². The molecule has 0 aliphatic rings. The minimum Gasteiger partial charge on any atom is -0.481 e. The first-order valence-electron chi connectivity index (χ1n) is 6.57. The molecule has 21 heavy (non-hydrogen) atoms. The molecule has 0 saturated carbocycles. The smallest absolute Gasteiger partial charge is 0.305 e. The summed E-state index contributed by atoms with van der Waals surface area (Å²) in [5.41, 5.74) is 1.05. The summed E-state index contributed by atoms with van der Waals surface area (Å²) in [6, 6.07) is 11.5. The van der Waals surface area contributed by atoms with Crippen molar-refractivity contribution >= 4 is 11.8 Å². The predicted molar refractivity (Wildman–Crippen MR) is 78.3 cm³/mol. The van der Waals surface area contributed by atoms with E-state index in [2.05, 4.69) is 9.97 Å². The average Bonchev–Trinajstić information content (AvgIpc) is 2.52. The topological polar surface area (TPSA) is 75.6 Å². The van der Waals surface area contributed by atoms with Crippen LogP contribution < -0.4 is 9.64 Å². The number of rotatable bonds is 7. The lowest BCUT2D eigenvalue weighted by molar-refractivity contribution is -0.136. The van der Waals surface area contributed by atoms with Crippen molar-refractivity contribution in [3.05, 3.63) is 48.3 Å². The molecule has 0 fully saturated rings. The van der Waals surface area contributed by atoms with Crippen molar-refractivity contribution in [2.45, 2.75) is 13.0 Å². The highest BCUT2D eigenvalue weighted by atomic mass is 16.5. The molecular weight excluding hydrogens is 270 g/mol. The molecule has 1 N–H and O–H groups in total. The average molecular weight is 287 g/mol. The van der Waals surface area contributed by atoms with Gasteiger partial charge in [0.2, 0.25) is 5.88 Å². The van der Waals surface area contributed by atoms with Crippen LogP contribution in [0.3, 0.4) is 0 Å². The van der Waals surface area contributed by atoms with Gasteiger partial charge in [0, 0.05) is 19.7 Å². The van der Waals surface area contributed by atoms with Crippen LogP contribution in [0.25, 0.3) is 0 Å². The monoisotopic (exact) mass is 287 g/mol. The molecule has 2 rings (SSSR count). The number of hydrogen-bond donors (Lipinski definition) is 1. The number of carboxylic acid groups (broad SMARTS) is 1. The normalized spacial score (nSPS) is 10.1. The number of anilines is 1. The van der Waals surface area contributed by atoms with Gasteiger partial charge in [-0.25, -0.2) is 9.97 Å². The summed E-state index contributed by atoms with van der Waals surface area (Å²) >= 11 is 0. The Morgan fingerprint density at radius 3 is 2.76 bits per heavy atom. The van der Waals surface area contributed by atoms with E-state index < -0.39 is 5.97 Å². The third-order valence-corrected chi connectivity index (χ3v) is 2.91. The molecule has 1 aromatic carbocycles.